The molecule has 0 aromatic carbocycles. The second kappa shape index (κ2) is 6.67. The Morgan fingerprint density at radius 2 is 2.16 bits per heavy atom. The summed E-state index contributed by atoms with van der Waals surface area (Å²) in [6.45, 7) is 7.87. The lowest BCUT2D eigenvalue weighted by Gasteiger charge is -2.57. The number of aryl methyl sites for hydroxylation is 1. The predicted molar refractivity (Wildman–Crippen MR) is 98.6 cm³/mol. The topological polar surface area (TPSA) is 58.8 Å². The van der Waals surface area contributed by atoms with Gasteiger partial charge in [-0.3, -0.25) is 4.99 Å². The van der Waals surface area contributed by atoms with Gasteiger partial charge in [0.15, 0.2) is 5.96 Å². The monoisotopic (exact) mass is 345 g/mol. The minimum absolute atomic E-state index is 0.0988. The molecule has 4 rings (SSSR count). The average molecular weight is 345 g/mol. The van der Waals surface area contributed by atoms with Crippen molar-refractivity contribution in [2.24, 2.45) is 16.3 Å². The maximum atomic E-state index is 6.10. The van der Waals surface area contributed by atoms with E-state index in [-0.39, 0.29) is 6.04 Å². The summed E-state index contributed by atoms with van der Waals surface area (Å²) in [5.41, 5.74) is 0.335. The summed E-state index contributed by atoms with van der Waals surface area (Å²) in [7, 11) is 0. The molecule has 5 nitrogen and oxygen atoms in total. The summed E-state index contributed by atoms with van der Waals surface area (Å²) in [4.78, 5) is 4.70. The van der Waals surface area contributed by atoms with Gasteiger partial charge in [-0.2, -0.15) is 0 Å². The van der Waals surface area contributed by atoms with Gasteiger partial charge < -0.3 is 19.8 Å². The minimum Gasteiger partial charge on any atom is -0.464 e. The fourth-order valence-corrected chi connectivity index (χ4v) is 5.30. The number of ether oxygens (including phenoxy) is 1. The summed E-state index contributed by atoms with van der Waals surface area (Å²) in [5.74, 6) is 3.45. The Hall–Kier alpha value is -1.49. The molecule has 2 heterocycles. The molecular weight excluding hydrogens is 314 g/mol. The zero-order valence-electron chi connectivity index (χ0n) is 15.7. The molecule has 1 saturated heterocycles. The molecule has 2 N–H and O–H groups in total. The zero-order chi connectivity index (χ0) is 17.4. The van der Waals surface area contributed by atoms with E-state index in [0.717, 1.165) is 30.6 Å². The molecule has 3 fully saturated rings. The fourth-order valence-electron chi connectivity index (χ4n) is 5.30. The molecule has 4 unspecified atom stereocenters. The summed E-state index contributed by atoms with van der Waals surface area (Å²) < 4.78 is 11.9. The number of fused-ring (bicyclic) bond motifs is 2. The molecule has 1 aliphatic heterocycles. The zero-order valence-corrected chi connectivity index (χ0v) is 15.7. The molecule has 4 atom stereocenters. The summed E-state index contributed by atoms with van der Waals surface area (Å²) in [6.07, 6.45) is 6.90. The average Bonchev–Trinajstić information content (AvgIpc) is 3.32. The lowest BCUT2D eigenvalue weighted by Crippen LogP contribution is -2.69. The van der Waals surface area contributed by atoms with Gasteiger partial charge in [0.25, 0.3) is 0 Å². The Morgan fingerprint density at radius 3 is 2.84 bits per heavy atom. The van der Waals surface area contributed by atoms with Crippen molar-refractivity contribution in [1.29, 1.82) is 0 Å². The highest BCUT2D eigenvalue weighted by Gasteiger charge is 2.65. The Labute approximate surface area is 150 Å². The highest BCUT2D eigenvalue weighted by molar-refractivity contribution is 5.81. The van der Waals surface area contributed by atoms with Crippen molar-refractivity contribution in [2.45, 2.75) is 71.1 Å². The van der Waals surface area contributed by atoms with Crippen LogP contribution in [0.15, 0.2) is 21.5 Å². The first-order valence-corrected chi connectivity index (χ1v) is 9.89. The van der Waals surface area contributed by atoms with Crippen molar-refractivity contribution in [1.82, 2.24) is 10.6 Å². The minimum atomic E-state index is 0.0988. The number of hydrogen-bond acceptors (Lipinski definition) is 3. The summed E-state index contributed by atoms with van der Waals surface area (Å²) >= 11 is 0. The first-order valence-electron chi connectivity index (χ1n) is 9.89. The van der Waals surface area contributed by atoms with Crippen LogP contribution in [0, 0.1) is 18.3 Å². The normalized spacial score (nSPS) is 31.6. The van der Waals surface area contributed by atoms with E-state index in [1.165, 1.54) is 32.1 Å². The number of nitrogens with zero attached hydrogens (tertiary/aromatic N) is 1. The molecule has 0 amide bonds. The van der Waals surface area contributed by atoms with Crippen LogP contribution < -0.4 is 10.6 Å². The van der Waals surface area contributed by atoms with Crippen LogP contribution >= 0.6 is 0 Å². The maximum absolute atomic E-state index is 6.10. The number of guanidine groups is 1. The van der Waals surface area contributed by atoms with E-state index in [4.69, 9.17) is 14.1 Å². The number of hydrogen-bond donors (Lipinski definition) is 2. The number of rotatable bonds is 4. The van der Waals surface area contributed by atoms with Crippen LogP contribution in [0.25, 0.3) is 0 Å². The van der Waals surface area contributed by atoms with Gasteiger partial charge in [-0.1, -0.05) is 12.8 Å². The van der Waals surface area contributed by atoms with Crippen LogP contribution in [0.5, 0.6) is 0 Å². The highest BCUT2D eigenvalue weighted by atomic mass is 16.5. The molecular formula is C20H31N3O2. The molecule has 2 saturated carbocycles. The molecule has 5 heteroatoms. The van der Waals surface area contributed by atoms with Crippen LogP contribution in [0.4, 0.5) is 0 Å². The summed E-state index contributed by atoms with van der Waals surface area (Å²) in [6, 6.07) is 4.64. The third-order valence-corrected chi connectivity index (χ3v) is 6.44. The smallest absolute Gasteiger partial charge is 0.192 e. The number of furan rings is 1. The summed E-state index contributed by atoms with van der Waals surface area (Å²) in [5, 5.41) is 7.32. The Kier molecular flexibility index (Phi) is 4.52. The molecule has 1 aromatic heterocycles. The Bertz CT molecular complexity index is 633. The first-order chi connectivity index (χ1) is 12.1. The molecule has 1 aromatic rings. The number of nitrogens with one attached hydrogen (secondary N) is 2. The Morgan fingerprint density at radius 1 is 1.36 bits per heavy atom. The molecule has 3 aliphatic rings. The van der Waals surface area contributed by atoms with Crippen molar-refractivity contribution >= 4 is 5.96 Å². The van der Waals surface area contributed by atoms with E-state index in [0.29, 0.717) is 23.5 Å². The van der Waals surface area contributed by atoms with Crippen LogP contribution in [0.1, 0.15) is 63.5 Å². The van der Waals surface area contributed by atoms with E-state index in [1.807, 2.05) is 19.1 Å². The van der Waals surface area contributed by atoms with Gasteiger partial charge in [0.2, 0.25) is 0 Å². The fraction of sp³-hybridized carbons (Fsp3) is 0.750. The van der Waals surface area contributed by atoms with Crippen molar-refractivity contribution in [2.75, 3.05) is 13.2 Å². The quantitative estimate of drug-likeness (QED) is 0.647. The molecule has 1 spiro atoms. The van der Waals surface area contributed by atoms with Gasteiger partial charge in [0.1, 0.15) is 11.5 Å². The third-order valence-electron chi connectivity index (χ3n) is 6.44. The van der Waals surface area contributed by atoms with Gasteiger partial charge in [-0.15, -0.1) is 0 Å². The molecule has 138 valence electrons. The molecule has 2 aliphatic carbocycles. The van der Waals surface area contributed by atoms with Gasteiger partial charge in [-0.25, -0.2) is 0 Å². The van der Waals surface area contributed by atoms with Crippen LogP contribution in [0.3, 0.4) is 0 Å². The maximum Gasteiger partial charge on any atom is 0.192 e. The van der Waals surface area contributed by atoms with Crippen molar-refractivity contribution in [3.8, 4) is 0 Å². The number of aliphatic imine (C=N–C) groups is 1. The van der Waals surface area contributed by atoms with E-state index in [1.54, 1.807) is 0 Å². The van der Waals surface area contributed by atoms with Crippen molar-refractivity contribution < 1.29 is 9.15 Å². The van der Waals surface area contributed by atoms with Gasteiger partial charge in [-0.05, 0) is 52.2 Å². The molecule has 25 heavy (non-hydrogen) atoms. The SMILES string of the molecule is CCN=C(NC(C)c1ccc(C)o1)NC1C2CCOC2C12CCCC2. The van der Waals surface area contributed by atoms with E-state index in [9.17, 15) is 0 Å². The van der Waals surface area contributed by atoms with E-state index in [2.05, 4.69) is 24.5 Å². The Balaban J connectivity index is 1.47. The lowest BCUT2D eigenvalue weighted by molar-refractivity contribution is -0.125. The van der Waals surface area contributed by atoms with E-state index >= 15 is 0 Å². The van der Waals surface area contributed by atoms with Gasteiger partial charge >= 0.3 is 0 Å². The van der Waals surface area contributed by atoms with Crippen LogP contribution in [-0.2, 0) is 4.74 Å². The standard InChI is InChI=1S/C20H31N3O2/c1-4-21-19(22-14(3)16-8-7-13(2)25-16)23-17-15-9-12-24-18(15)20(17)10-5-6-11-20/h7-8,14-15,17-18H,4-6,9-12H2,1-3H3,(H2,21,22,23). The first kappa shape index (κ1) is 17.0. The highest BCUT2D eigenvalue weighted by Crippen LogP contribution is 2.60. The third kappa shape index (κ3) is 2.86. The van der Waals surface area contributed by atoms with Crippen LogP contribution in [0.2, 0.25) is 0 Å². The second-order valence-corrected chi connectivity index (χ2v) is 7.94. The molecule has 0 bridgehead atoms. The largest absolute Gasteiger partial charge is 0.464 e. The van der Waals surface area contributed by atoms with Crippen molar-refractivity contribution in [3.05, 3.63) is 23.7 Å². The van der Waals surface area contributed by atoms with Crippen LogP contribution in [-0.4, -0.2) is 31.3 Å². The van der Waals surface area contributed by atoms with E-state index < -0.39 is 0 Å². The predicted octanol–water partition coefficient (Wildman–Crippen LogP) is 3.55. The van der Waals surface area contributed by atoms with Crippen molar-refractivity contribution in [3.63, 3.8) is 0 Å². The van der Waals surface area contributed by atoms with Gasteiger partial charge in [0, 0.05) is 30.5 Å². The molecule has 0 radical (unpaired) electrons. The second-order valence-electron chi connectivity index (χ2n) is 7.94. The van der Waals surface area contributed by atoms with Gasteiger partial charge in [0.05, 0.1) is 12.1 Å². The lowest BCUT2D eigenvalue weighted by atomic mass is 9.54.